The third kappa shape index (κ3) is 2.81. The van der Waals surface area contributed by atoms with Gasteiger partial charge in [0.15, 0.2) is 9.84 Å². The van der Waals surface area contributed by atoms with E-state index >= 15 is 0 Å². The molecule has 0 spiro atoms. The van der Waals surface area contributed by atoms with Crippen LogP contribution in [0, 0.1) is 6.92 Å². The molecule has 1 fully saturated rings. The highest BCUT2D eigenvalue weighted by Crippen LogP contribution is 2.28. The molecular formula is C16H20N2O4S. The molecule has 1 atom stereocenters. The van der Waals surface area contributed by atoms with Crippen molar-refractivity contribution in [1.29, 1.82) is 0 Å². The second kappa shape index (κ2) is 5.56. The van der Waals surface area contributed by atoms with Crippen molar-refractivity contribution in [2.75, 3.05) is 25.7 Å². The van der Waals surface area contributed by atoms with Crippen molar-refractivity contribution in [1.82, 2.24) is 9.88 Å². The van der Waals surface area contributed by atoms with Crippen molar-refractivity contribution in [2.45, 2.75) is 19.4 Å². The number of methoxy groups -OCH3 is 1. The number of sulfone groups is 1. The molecule has 6 nitrogen and oxygen atoms in total. The largest absolute Gasteiger partial charge is 0.497 e. The molecule has 23 heavy (non-hydrogen) atoms. The van der Waals surface area contributed by atoms with Crippen molar-refractivity contribution in [3.63, 3.8) is 0 Å². The number of aryl methyl sites for hydroxylation is 1. The summed E-state index contributed by atoms with van der Waals surface area (Å²) in [7, 11) is 0.226. The van der Waals surface area contributed by atoms with Gasteiger partial charge in [0.1, 0.15) is 5.75 Å². The highest BCUT2D eigenvalue weighted by molar-refractivity contribution is 7.91. The van der Waals surface area contributed by atoms with Crippen LogP contribution in [-0.4, -0.2) is 55.9 Å². The number of H-pyrrole nitrogens is 1. The number of ether oxygens (including phenoxy) is 1. The molecule has 7 heteroatoms. The van der Waals surface area contributed by atoms with Crippen LogP contribution in [0.4, 0.5) is 0 Å². The summed E-state index contributed by atoms with van der Waals surface area (Å²) in [5, 5.41) is 0.791. The summed E-state index contributed by atoms with van der Waals surface area (Å²) in [5.41, 5.74) is 2.20. The fraction of sp³-hybridized carbons (Fsp3) is 0.438. The molecule has 1 aromatic carbocycles. The topological polar surface area (TPSA) is 79.5 Å². The molecule has 1 saturated heterocycles. The Balaban J connectivity index is 1.99. The molecule has 2 heterocycles. The molecule has 0 aliphatic carbocycles. The normalized spacial score (nSPS) is 19.9. The van der Waals surface area contributed by atoms with Crippen LogP contribution in [0.15, 0.2) is 18.2 Å². The second-order valence-electron chi connectivity index (χ2n) is 6.01. The lowest BCUT2D eigenvalue weighted by Crippen LogP contribution is -2.38. The molecule has 2 aromatic rings. The van der Waals surface area contributed by atoms with Crippen LogP contribution in [0.1, 0.15) is 22.5 Å². The van der Waals surface area contributed by atoms with E-state index in [1.807, 2.05) is 25.1 Å². The quantitative estimate of drug-likeness (QED) is 0.926. The lowest BCUT2D eigenvalue weighted by atomic mass is 10.1. The number of hydrogen-bond acceptors (Lipinski definition) is 4. The van der Waals surface area contributed by atoms with Gasteiger partial charge < -0.3 is 14.6 Å². The van der Waals surface area contributed by atoms with E-state index in [1.165, 1.54) is 0 Å². The molecule has 0 saturated carbocycles. The summed E-state index contributed by atoms with van der Waals surface area (Å²) in [4.78, 5) is 17.7. The van der Waals surface area contributed by atoms with Gasteiger partial charge >= 0.3 is 0 Å². The van der Waals surface area contributed by atoms with Crippen LogP contribution in [0.5, 0.6) is 5.75 Å². The predicted octanol–water partition coefficient (Wildman–Crippen LogP) is 1.74. The minimum atomic E-state index is -3.03. The fourth-order valence-electron chi connectivity index (χ4n) is 3.13. The Morgan fingerprint density at radius 3 is 2.74 bits per heavy atom. The molecule has 1 aliphatic heterocycles. The van der Waals surface area contributed by atoms with Gasteiger partial charge in [-0.2, -0.15) is 0 Å². The van der Waals surface area contributed by atoms with Crippen LogP contribution in [0.2, 0.25) is 0 Å². The number of fused-ring (bicyclic) bond motifs is 1. The minimum Gasteiger partial charge on any atom is -0.497 e. The molecular weight excluding hydrogens is 316 g/mol. The number of aromatic nitrogens is 1. The third-order valence-corrected chi connectivity index (χ3v) is 6.23. The summed E-state index contributed by atoms with van der Waals surface area (Å²) in [5.74, 6) is 0.705. The Hall–Kier alpha value is -2.02. The van der Waals surface area contributed by atoms with E-state index in [4.69, 9.17) is 4.74 Å². The van der Waals surface area contributed by atoms with Gasteiger partial charge in [-0.05, 0) is 31.5 Å². The van der Waals surface area contributed by atoms with Crippen molar-refractivity contribution in [3.8, 4) is 5.75 Å². The van der Waals surface area contributed by atoms with E-state index in [2.05, 4.69) is 4.98 Å². The van der Waals surface area contributed by atoms with Crippen molar-refractivity contribution in [2.24, 2.45) is 0 Å². The number of carbonyl (C=O) groups is 1. The first kappa shape index (κ1) is 15.9. The first-order valence-corrected chi connectivity index (χ1v) is 9.28. The van der Waals surface area contributed by atoms with E-state index in [0.29, 0.717) is 17.7 Å². The van der Waals surface area contributed by atoms with E-state index < -0.39 is 9.84 Å². The van der Waals surface area contributed by atoms with Gasteiger partial charge in [-0.3, -0.25) is 4.79 Å². The smallest absolute Gasteiger partial charge is 0.256 e. The molecule has 1 aromatic heterocycles. The zero-order chi connectivity index (χ0) is 16.8. The lowest BCUT2D eigenvalue weighted by molar-refractivity contribution is 0.0749. The fourth-order valence-corrected chi connectivity index (χ4v) is 4.91. The number of nitrogens with one attached hydrogen (secondary N) is 1. The monoisotopic (exact) mass is 336 g/mol. The number of carbonyl (C=O) groups excluding carboxylic acids is 1. The van der Waals surface area contributed by atoms with Gasteiger partial charge in [0.2, 0.25) is 0 Å². The minimum absolute atomic E-state index is 0.0416. The van der Waals surface area contributed by atoms with Gasteiger partial charge in [-0.25, -0.2) is 8.42 Å². The van der Waals surface area contributed by atoms with Crippen LogP contribution in [-0.2, 0) is 9.84 Å². The molecule has 1 N–H and O–H groups in total. The number of hydrogen-bond donors (Lipinski definition) is 1. The van der Waals surface area contributed by atoms with Crippen LogP contribution in [0.3, 0.4) is 0 Å². The maximum Gasteiger partial charge on any atom is 0.256 e. The van der Waals surface area contributed by atoms with Gasteiger partial charge in [0.25, 0.3) is 5.91 Å². The highest BCUT2D eigenvalue weighted by Gasteiger charge is 2.34. The third-order valence-electron chi connectivity index (χ3n) is 4.48. The molecule has 1 amide bonds. The van der Waals surface area contributed by atoms with E-state index in [-0.39, 0.29) is 23.5 Å². The molecule has 0 radical (unpaired) electrons. The Morgan fingerprint density at radius 2 is 2.13 bits per heavy atom. The molecule has 1 aliphatic rings. The number of aromatic amines is 1. The number of benzene rings is 1. The summed E-state index contributed by atoms with van der Waals surface area (Å²) in [6, 6.07) is 5.27. The Bertz CT molecular complexity index is 870. The van der Waals surface area contributed by atoms with E-state index in [0.717, 1.165) is 16.6 Å². The zero-order valence-corrected chi connectivity index (χ0v) is 14.2. The van der Waals surface area contributed by atoms with E-state index in [9.17, 15) is 13.2 Å². The Labute approximate surface area is 135 Å². The Morgan fingerprint density at radius 1 is 1.39 bits per heavy atom. The lowest BCUT2D eigenvalue weighted by Gasteiger charge is -2.23. The Kier molecular flexibility index (Phi) is 3.83. The average Bonchev–Trinajstić information content (AvgIpc) is 3.03. The first-order chi connectivity index (χ1) is 10.8. The SMILES string of the molecule is COc1ccc2[nH]c(C)c(C(=O)N(C)C3CCS(=O)(=O)C3)c2c1. The maximum atomic E-state index is 12.9. The first-order valence-electron chi connectivity index (χ1n) is 7.46. The van der Waals surface area contributed by atoms with Crippen molar-refractivity contribution in [3.05, 3.63) is 29.5 Å². The van der Waals surface area contributed by atoms with Crippen LogP contribution >= 0.6 is 0 Å². The standard InChI is InChI=1S/C16H20N2O4S/c1-10-15(13-8-12(22-3)4-5-14(13)17-10)16(19)18(2)11-6-7-23(20,21)9-11/h4-5,8,11,17H,6-7,9H2,1-3H3. The van der Waals surface area contributed by atoms with Gasteiger partial charge in [0.05, 0.1) is 24.2 Å². The van der Waals surface area contributed by atoms with Gasteiger partial charge in [-0.1, -0.05) is 0 Å². The molecule has 3 rings (SSSR count). The van der Waals surface area contributed by atoms with E-state index in [1.54, 1.807) is 19.1 Å². The second-order valence-corrected chi connectivity index (χ2v) is 8.24. The summed E-state index contributed by atoms with van der Waals surface area (Å²) in [6.45, 7) is 1.85. The highest BCUT2D eigenvalue weighted by atomic mass is 32.2. The maximum absolute atomic E-state index is 12.9. The summed E-state index contributed by atoms with van der Waals surface area (Å²) >= 11 is 0. The average molecular weight is 336 g/mol. The number of rotatable bonds is 3. The van der Waals surface area contributed by atoms with Gasteiger partial charge in [-0.15, -0.1) is 0 Å². The van der Waals surface area contributed by atoms with Crippen molar-refractivity contribution < 1.29 is 17.9 Å². The summed E-state index contributed by atoms with van der Waals surface area (Å²) < 4.78 is 28.5. The molecule has 124 valence electrons. The van der Waals surface area contributed by atoms with Crippen LogP contribution in [0.25, 0.3) is 10.9 Å². The van der Waals surface area contributed by atoms with Gasteiger partial charge in [0, 0.05) is 29.7 Å². The molecule has 1 unspecified atom stereocenters. The number of amides is 1. The van der Waals surface area contributed by atoms with Crippen molar-refractivity contribution >= 4 is 26.6 Å². The zero-order valence-electron chi connectivity index (χ0n) is 13.4. The predicted molar refractivity (Wildman–Crippen MR) is 88.7 cm³/mol. The molecule has 0 bridgehead atoms. The van der Waals surface area contributed by atoms with Crippen LogP contribution < -0.4 is 4.74 Å². The summed E-state index contributed by atoms with van der Waals surface area (Å²) in [6.07, 6.45) is 0.495. The number of nitrogens with zero attached hydrogens (tertiary/aromatic N) is 1.